The molecule has 1 aliphatic rings. The van der Waals surface area contributed by atoms with E-state index in [0.717, 1.165) is 12.8 Å². The van der Waals surface area contributed by atoms with Gasteiger partial charge in [0, 0.05) is 18.7 Å². The van der Waals surface area contributed by atoms with Crippen LogP contribution in [0, 0.1) is 0 Å². The van der Waals surface area contributed by atoms with Crippen molar-refractivity contribution in [3.8, 4) is 11.8 Å². The van der Waals surface area contributed by atoms with E-state index in [9.17, 15) is 4.79 Å². The third kappa shape index (κ3) is 3.72. The van der Waals surface area contributed by atoms with E-state index in [1.54, 1.807) is 24.0 Å². The van der Waals surface area contributed by atoms with Gasteiger partial charge in [0.05, 0.1) is 20.3 Å². The highest BCUT2D eigenvalue weighted by Gasteiger charge is 2.26. The molecule has 7 nitrogen and oxygen atoms in total. The molecule has 1 saturated heterocycles. The van der Waals surface area contributed by atoms with Gasteiger partial charge in [0.2, 0.25) is 11.8 Å². The summed E-state index contributed by atoms with van der Waals surface area (Å²) >= 11 is 0. The Hall–Kier alpha value is -2.05. The van der Waals surface area contributed by atoms with E-state index in [1.165, 1.54) is 7.11 Å². The molecule has 0 saturated carbocycles. The minimum atomic E-state index is -0.290. The molecule has 2 rings (SSSR count). The Balaban J connectivity index is 1.90. The molecule has 0 radical (unpaired) electrons. The van der Waals surface area contributed by atoms with Crippen LogP contribution in [0.25, 0.3) is 0 Å². The number of nitrogens with zero attached hydrogens (tertiary/aromatic N) is 3. The second kappa shape index (κ2) is 6.93. The van der Waals surface area contributed by atoms with Gasteiger partial charge in [-0.3, -0.25) is 0 Å². The van der Waals surface area contributed by atoms with E-state index >= 15 is 0 Å². The van der Waals surface area contributed by atoms with Gasteiger partial charge >= 0.3 is 6.09 Å². The summed E-state index contributed by atoms with van der Waals surface area (Å²) in [5.74, 6) is 0.871. The quantitative estimate of drug-likeness (QED) is 0.832. The van der Waals surface area contributed by atoms with Crippen molar-refractivity contribution in [2.45, 2.75) is 25.9 Å². The van der Waals surface area contributed by atoms with Crippen LogP contribution in [0.3, 0.4) is 0 Å². The van der Waals surface area contributed by atoms with Crippen LogP contribution >= 0.6 is 0 Å². The Bertz CT molecular complexity index is 438. The van der Waals surface area contributed by atoms with Gasteiger partial charge < -0.3 is 19.1 Å². The number of piperidine rings is 1. The number of likely N-dealkylation sites (tertiary alicyclic amines) is 1. The van der Waals surface area contributed by atoms with Gasteiger partial charge in [-0.25, -0.2) is 4.79 Å². The molecule has 20 heavy (non-hydrogen) atoms. The monoisotopic (exact) mass is 281 g/mol. The Labute approximate surface area is 117 Å². The predicted molar refractivity (Wildman–Crippen MR) is 70.8 cm³/mol. The Morgan fingerprint density at radius 3 is 2.80 bits per heavy atom. The third-order valence-corrected chi connectivity index (χ3v) is 3.02. The molecular formula is C13H19N3O4. The molecule has 0 spiro atoms. The van der Waals surface area contributed by atoms with E-state index in [0.29, 0.717) is 31.5 Å². The third-order valence-electron chi connectivity index (χ3n) is 3.02. The second-order valence-electron chi connectivity index (χ2n) is 4.44. The lowest BCUT2D eigenvalue weighted by atomic mass is 10.1. The zero-order valence-electron chi connectivity index (χ0n) is 11.7. The smallest absolute Gasteiger partial charge is 0.409 e. The number of hydrogen-bond acceptors (Lipinski definition) is 6. The maximum absolute atomic E-state index is 11.7. The van der Waals surface area contributed by atoms with Crippen molar-refractivity contribution in [2.75, 3.05) is 26.8 Å². The van der Waals surface area contributed by atoms with E-state index in [-0.39, 0.29) is 12.2 Å². The van der Waals surface area contributed by atoms with Gasteiger partial charge in [-0.05, 0) is 19.8 Å². The number of hydrogen-bond donors (Lipinski definition) is 0. The topological polar surface area (TPSA) is 73.8 Å². The molecule has 1 atom stereocenters. The molecule has 7 heteroatoms. The molecule has 0 N–H and O–H groups in total. The van der Waals surface area contributed by atoms with E-state index in [4.69, 9.17) is 14.2 Å². The zero-order valence-corrected chi connectivity index (χ0v) is 11.7. The first-order valence-electron chi connectivity index (χ1n) is 6.69. The standard InChI is InChI=1S/C13H19N3O4/c1-3-19-13(17)16-8-4-5-10(9-16)20-12-7-6-11(18-2)14-15-12/h6-7,10H,3-5,8-9H2,1-2H3. The molecule has 0 aromatic carbocycles. The van der Waals surface area contributed by atoms with Gasteiger partial charge in [0.15, 0.2) is 0 Å². The zero-order chi connectivity index (χ0) is 14.4. The van der Waals surface area contributed by atoms with Gasteiger partial charge in [0.1, 0.15) is 6.10 Å². The van der Waals surface area contributed by atoms with E-state index < -0.39 is 0 Å². The fourth-order valence-electron chi connectivity index (χ4n) is 2.07. The molecule has 1 aliphatic heterocycles. The number of rotatable bonds is 4. The number of ether oxygens (including phenoxy) is 3. The number of methoxy groups -OCH3 is 1. The van der Waals surface area contributed by atoms with Crippen LogP contribution in [0.4, 0.5) is 4.79 Å². The first kappa shape index (κ1) is 14.4. The number of aromatic nitrogens is 2. The molecule has 2 heterocycles. The summed E-state index contributed by atoms with van der Waals surface area (Å²) in [6.45, 7) is 3.38. The van der Waals surface area contributed by atoms with Crippen molar-refractivity contribution in [3.63, 3.8) is 0 Å². The van der Waals surface area contributed by atoms with Gasteiger partial charge in [-0.15, -0.1) is 10.2 Å². The lowest BCUT2D eigenvalue weighted by Gasteiger charge is -2.31. The second-order valence-corrected chi connectivity index (χ2v) is 4.44. The van der Waals surface area contributed by atoms with Crippen molar-refractivity contribution >= 4 is 6.09 Å². The highest BCUT2D eigenvalue weighted by Crippen LogP contribution is 2.18. The highest BCUT2D eigenvalue weighted by molar-refractivity contribution is 5.67. The number of carbonyl (C=O) groups is 1. The fourth-order valence-corrected chi connectivity index (χ4v) is 2.07. The molecule has 1 unspecified atom stereocenters. The summed E-state index contributed by atoms with van der Waals surface area (Å²) in [5, 5.41) is 7.76. The average molecular weight is 281 g/mol. The van der Waals surface area contributed by atoms with Crippen molar-refractivity contribution in [1.82, 2.24) is 15.1 Å². The normalized spacial score (nSPS) is 18.5. The Morgan fingerprint density at radius 1 is 1.40 bits per heavy atom. The molecule has 1 fully saturated rings. The Kier molecular flexibility index (Phi) is 4.97. The Morgan fingerprint density at radius 2 is 2.15 bits per heavy atom. The van der Waals surface area contributed by atoms with Crippen molar-refractivity contribution in [3.05, 3.63) is 12.1 Å². The minimum Gasteiger partial charge on any atom is -0.480 e. The SMILES string of the molecule is CCOC(=O)N1CCCC(Oc2ccc(OC)nn2)C1. The summed E-state index contributed by atoms with van der Waals surface area (Å²) in [7, 11) is 1.53. The van der Waals surface area contributed by atoms with Crippen LogP contribution in [-0.2, 0) is 4.74 Å². The van der Waals surface area contributed by atoms with Crippen LogP contribution in [-0.4, -0.2) is 54.1 Å². The first-order chi connectivity index (χ1) is 9.72. The van der Waals surface area contributed by atoms with E-state index in [1.807, 2.05) is 0 Å². The van der Waals surface area contributed by atoms with Crippen molar-refractivity contribution in [2.24, 2.45) is 0 Å². The molecule has 1 amide bonds. The predicted octanol–water partition coefficient (Wildman–Crippen LogP) is 1.48. The average Bonchev–Trinajstić information content (AvgIpc) is 2.48. The minimum absolute atomic E-state index is 0.0872. The molecule has 1 aromatic rings. The fraction of sp³-hybridized carbons (Fsp3) is 0.615. The number of carbonyl (C=O) groups excluding carboxylic acids is 1. The highest BCUT2D eigenvalue weighted by atomic mass is 16.6. The maximum Gasteiger partial charge on any atom is 0.409 e. The molecule has 0 bridgehead atoms. The summed E-state index contributed by atoms with van der Waals surface area (Å²) in [5.41, 5.74) is 0. The number of amides is 1. The van der Waals surface area contributed by atoms with E-state index in [2.05, 4.69) is 10.2 Å². The van der Waals surface area contributed by atoms with Crippen LogP contribution in [0.2, 0.25) is 0 Å². The lowest BCUT2D eigenvalue weighted by molar-refractivity contribution is 0.0590. The molecule has 110 valence electrons. The van der Waals surface area contributed by atoms with Gasteiger partial charge in [-0.2, -0.15) is 0 Å². The molecular weight excluding hydrogens is 262 g/mol. The van der Waals surface area contributed by atoms with Gasteiger partial charge in [-0.1, -0.05) is 0 Å². The molecule has 0 aliphatic carbocycles. The van der Waals surface area contributed by atoms with Crippen LogP contribution < -0.4 is 9.47 Å². The van der Waals surface area contributed by atoms with Crippen molar-refractivity contribution < 1.29 is 19.0 Å². The lowest BCUT2D eigenvalue weighted by Crippen LogP contribution is -2.44. The van der Waals surface area contributed by atoms with Crippen LogP contribution in [0.15, 0.2) is 12.1 Å². The summed E-state index contributed by atoms with van der Waals surface area (Å²) < 4.78 is 15.7. The molecule has 1 aromatic heterocycles. The largest absolute Gasteiger partial charge is 0.480 e. The van der Waals surface area contributed by atoms with Crippen LogP contribution in [0.1, 0.15) is 19.8 Å². The summed E-state index contributed by atoms with van der Waals surface area (Å²) in [6.07, 6.45) is 1.38. The maximum atomic E-state index is 11.7. The first-order valence-corrected chi connectivity index (χ1v) is 6.69. The van der Waals surface area contributed by atoms with Crippen molar-refractivity contribution in [1.29, 1.82) is 0 Å². The summed E-state index contributed by atoms with van der Waals surface area (Å²) in [4.78, 5) is 13.3. The summed E-state index contributed by atoms with van der Waals surface area (Å²) in [6, 6.07) is 3.39. The van der Waals surface area contributed by atoms with Gasteiger partial charge in [0.25, 0.3) is 0 Å². The van der Waals surface area contributed by atoms with Crippen LogP contribution in [0.5, 0.6) is 11.8 Å².